The van der Waals surface area contributed by atoms with Gasteiger partial charge in [-0.25, -0.2) is 0 Å². The molecule has 0 aliphatic heterocycles. The van der Waals surface area contributed by atoms with Crippen molar-refractivity contribution in [1.29, 1.82) is 0 Å². The molecule has 0 atom stereocenters. The summed E-state index contributed by atoms with van der Waals surface area (Å²) in [5, 5.41) is 0.832. The molecule has 18 heavy (non-hydrogen) atoms. The molecule has 2 heteroatoms. The van der Waals surface area contributed by atoms with Crippen LogP contribution in [0.1, 0.15) is 23.6 Å². The summed E-state index contributed by atoms with van der Waals surface area (Å²) in [5.74, 6) is 0. The van der Waals surface area contributed by atoms with Crippen LogP contribution in [0.25, 0.3) is 11.4 Å². The zero-order chi connectivity index (χ0) is 12.8. The molecular weight excluding hydrogens is 239 g/mol. The van der Waals surface area contributed by atoms with E-state index in [1.165, 1.54) is 5.56 Å². The summed E-state index contributed by atoms with van der Waals surface area (Å²) in [4.78, 5) is 0. The molecule has 2 aromatic carbocycles. The zero-order valence-electron chi connectivity index (χ0n) is 10.3. The molecular formula is C16H15OP. The molecule has 0 saturated carbocycles. The SMILES string of the molecule is CCc1ccccc1/C(=C/c1ccccc1)P=O. The van der Waals surface area contributed by atoms with E-state index in [4.69, 9.17) is 0 Å². The summed E-state index contributed by atoms with van der Waals surface area (Å²) in [7, 11) is 0.0604. The molecule has 0 heterocycles. The van der Waals surface area contributed by atoms with Gasteiger partial charge < -0.3 is 0 Å². The van der Waals surface area contributed by atoms with Crippen molar-refractivity contribution in [2.45, 2.75) is 13.3 Å². The Morgan fingerprint density at radius 3 is 2.39 bits per heavy atom. The van der Waals surface area contributed by atoms with Crippen LogP contribution < -0.4 is 0 Å². The fraction of sp³-hybridized carbons (Fsp3) is 0.125. The fourth-order valence-electron chi connectivity index (χ4n) is 1.94. The summed E-state index contributed by atoms with van der Waals surface area (Å²) < 4.78 is 11.4. The highest BCUT2D eigenvalue weighted by Gasteiger charge is 2.06. The third-order valence-electron chi connectivity index (χ3n) is 2.88. The molecule has 0 aliphatic carbocycles. The van der Waals surface area contributed by atoms with Crippen LogP contribution in [-0.4, -0.2) is 0 Å². The Hall–Kier alpha value is -1.72. The highest BCUT2D eigenvalue weighted by atomic mass is 31.1. The van der Waals surface area contributed by atoms with Crippen molar-refractivity contribution < 1.29 is 4.57 Å². The number of hydrogen-bond acceptors (Lipinski definition) is 1. The minimum absolute atomic E-state index is 0.0604. The molecule has 0 amide bonds. The Bertz CT molecular complexity index is 558. The van der Waals surface area contributed by atoms with E-state index in [9.17, 15) is 4.57 Å². The van der Waals surface area contributed by atoms with E-state index in [1.807, 2.05) is 54.6 Å². The molecule has 0 N–H and O–H groups in total. The molecule has 0 bridgehead atoms. The van der Waals surface area contributed by atoms with Gasteiger partial charge in [0.2, 0.25) is 0 Å². The van der Waals surface area contributed by atoms with E-state index in [-0.39, 0.29) is 8.46 Å². The van der Waals surface area contributed by atoms with Crippen molar-refractivity contribution in [2.24, 2.45) is 0 Å². The monoisotopic (exact) mass is 254 g/mol. The Kier molecular flexibility index (Phi) is 4.44. The van der Waals surface area contributed by atoms with Crippen molar-refractivity contribution in [1.82, 2.24) is 0 Å². The van der Waals surface area contributed by atoms with E-state index in [0.29, 0.717) is 0 Å². The second-order valence-electron chi connectivity index (χ2n) is 4.04. The molecule has 0 unspecified atom stereocenters. The van der Waals surface area contributed by atoms with Crippen LogP contribution >= 0.6 is 8.46 Å². The predicted octanol–water partition coefficient (Wildman–Crippen LogP) is 5.04. The van der Waals surface area contributed by atoms with Gasteiger partial charge in [0.25, 0.3) is 0 Å². The lowest BCUT2D eigenvalue weighted by molar-refractivity contribution is 0.603. The molecule has 1 nitrogen and oxygen atoms in total. The second-order valence-corrected chi connectivity index (χ2v) is 4.71. The molecule has 0 saturated heterocycles. The van der Waals surface area contributed by atoms with Crippen molar-refractivity contribution in [3.63, 3.8) is 0 Å². The maximum absolute atomic E-state index is 11.4. The summed E-state index contributed by atoms with van der Waals surface area (Å²) in [6.45, 7) is 2.11. The standard InChI is InChI=1S/C16H15OP/c1-2-14-10-6-7-11-15(14)16(18-17)12-13-8-4-3-5-9-13/h3-12H,2H2,1H3/b16-12-. The Morgan fingerprint density at radius 2 is 1.72 bits per heavy atom. The number of rotatable bonds is 4. The van der Waals surface area contributed by atoms with Crippen LogP contribution in [-0.2, 0) is 11.0 Å². The largest absolute Gasteiger partial charge is 0.269 e. The van der Waals surface area contributed by atoms with Crippen LogP contribution in [0.15, 0.2) is 54.6 Å². The lowest BCUT2D eigenvalue weighted by atomic mass is 10.0. The first-order valence-corrected chi connectivity index (χ1v) is 6.84. The summed E-state index contributed by atoms with van der Waals surface area (Å²) >= 11 is 0. The van der Waals surface area contributed by atoms with Gasteiger partial charge in [0.05, 0.1) is 5.31 Å². The van der Waals surface area contributed by atoms with Gasteiger partial charge in [0, 0.05) is 0 Å². The van der Waals surface area contributed by atoms with E-state index in [1.54, 1.807) is 0 Å². The molecule has 0 radical (unpaired) electrons. The van der Waals surface area contributed by atoms with Gasteiger partial charge in [0.1, 0.15) is 0 Å². The first-order chi connectivity index (χ1) is 8.85. The Labute approximate surface area is 109 Å². The summed E-state index contributed by atoms with van der Waals surface area (Å²) in [5.41, 5.74) is 3.37. The quantitative estimate of drug-likeness (QED) is 0.552. The Balaban J connectivity index is 2.46. The van der Waals surface area contributed by atoms with Crippen molar-refractivity contribution >= 4 is 19.9 Å². The van der Waals surface area contributed by atoms with Crippen LogP contribution in [0.3, 0.4) is 0 Å². The van der Waals surface area contributed by atoms with Crippen LogP contribution in [0.2, 0.25) is 0 Å². The fourth-order valence-corrected chi connectivity index (χ4v) is 2.46. The van der Waals surface area contributed by atoms with Crippen LogP contribution in [0.4, 0.5) is 0 Å². The van der Waals surface area contributed by atoms with E-state index in [0.717, 1.165) is 22.9 Å². The first-order valence-electron chi connectivity index (χ1n) is 6.03. The molecule has 2 rings (SSSR count). The number of hydrogen-bond donors (Lipinski definition) is 0. The molecule has 0 fully saturated rings. The third kappa shape index (κ3) is 2.94. The maximum atomic E-state index is 11.4. The van der Waals surface area contributed by atoms with Gasteiger partial charge in [-0.05, 0) is 29.2 Å². The number of aryl methyl sites for hydroxylation is 1. The third-order valence-corrected chi connectivity index (χ3v) is 3.44. The van der Waals surface area contributed by atoms with E-state index in [2.05, 4.69) is 13.0 Å². The van der Waals surface area contributed by atoms with Gasteiger partial charge in [-0.15, -0.1) is 0 Å². The van der Waals surface area contributed by atoms with Crippen LogP contribution in [0, 0.1) is 0 Å². The Morgan fingerprint density at radius 1 is 1.06 bits per heavy atom. The molecule has 90 valence electrons. The van der Waals surface area contributed by atoms with E-state index < -0.39 is 0 Å². The lowest BCUT2D eigenvalue weighted by Crippen LogP contribution is -1.88. The van der Waals surface area contributed by atoms with Crippen LogP contribution in [0.5, 0.6) is 0 Å². The van der Waals surface area contributed by atoms with Gasteiger partial charge in [-0.3, -0.25) is 4.57 Å². The normalized spacial score (nSPS) is 11.7. The van der Waals surface area contributed by atoms with Crippen molar-refractivity contribution in [2.75, 3.05) is 0 Å². The smallest absolute Gasteiger partial charge is 0.192 e. The molecule has 0 aliphatic rings. The van der Waals surface area contributed by atoms with Gasteiger partial charge >= 0.3 is 0 Å². The van der Waals surface area contributed by atoms with Gasteiger partial charge in [-0.2, -0.15) is 0 Å². The highest BCUT2D eigenvalue weighted by molar-refractivity contribution is 7.38. The first kappa shape index (κ1) is 12.7. The van der Waals surface area contributed by atoms with Gasteiger partial charge in [0.15, 0.2) is 8.46 Å². The molecule has 2 aromatic rings. The average molecular weight is 254 g/mol. The minimum Gasteiger partial charge on any atom is -0.269 e. The van der Waals surface area contributed by atoms with E-state index >= 15 is 0 Å². The highest BCUT2D eigenvalue weighted by Crippen LogP contribution is 2.30. The van der Waals surface area contributed by atoms with Gasteiger partial charge in [-0.1, -0.05) is 61.5 Å². The second kappa shape index (κ2) is 6.28. The minimum atomic E-state index is 0.0604. The lowest BCUT2D eigenvalue weighted by Gasteiger charge is -2.06. The van der Waals surface area contributed by atoms with Crippen molar-refractivity contribution in [3.05, 3.63) is 71.3 Å². The zero-order valence-corrected chi connectivity index (χ0v) is 11.2. The topological polar surface area (TPSA) is 17.1 Å². The average Bonchev–Trinajstić information content (AvgIpc) is 2.46. The maximum Gasteiger partial charge on any atom is 0.192 e. The number of benzene rings is 2. The predicted molar refractivity (Wildman–Crippen MR) is 77.7 cm³/mol. The van der Waals surface area contributed by atoms with Crippen molar-refractivity contribution in [3.8, 4) is 0 Å². The summed E-state index contributed by atoms with van der Waals surface area (Å²) in [6, 6.07) is 18.1. The molecule has 0 spiro atoms. The summed E-state index contributed by atoms with van der Waals surface area (Å²) in [6.07, 6.45) is 2.92. The molecule has 0 aromatic heterocycles.